The average molecular weight is 442 g/mol. The molecule has 1 aromatic carbocycles. The fraction of sp³-hybridized carbons (Fsp3) is 0.550. The molecule has 0 spiro atoms. The maximum Gasteiger partial charge on any atom is 0.405 e. The molecule has 2 heterocycles. The number of halogens is 3. The van der Waals surface area contributed by atoms with Crippen molar-refractivity contribution in [1.82, 2.24) is 15.5 Å². The molecule has 11 heteroatoms. The van der Waals surface area contributed by atoms with Gasteiger partial charge in [-0.2, -0.15) is 13.2 Å². The molecule has 2 aliphatic rings. The summed E-state index contributed by atoms with van der Waals surface area (Å²) in [6.07, 6.45) is -2.61. The average Bonchev–Trinajstić information content (AvgIpc) is 3.42. The quantitative estimate of drug-likeness (QED) is 0.629. The predicted molar refractivity (Wildman–Crippen MR) is 105 cm³/mol. The van der Waals surface area contributed by atoms with Gasteiger partial charge in [0.2, 0.25) is 5.91 Å². The first kappa shape index (κ1) is 22.9. The van der Waals surface area contributed by atoms with Crippen molar-refractivity contribution in [2.24, 2.45) is 0 Å². The molecule has 0 aliphatic carbocycles. The van der Waals surface area contributed by atoms with Gasteiger partial charge in [-0.25, -0.2) is 4.79 Å². The van der Waals surface area contributed by atoms with Crippen LogP contribution in [0.5, 0.6) is 0 Å². The standard InChI is InChI=1S/C20H25F3N4O4/c21-20(22,23)12-25-17(28)15-6-2-8-27(15)19(30)24-11-13-4-1-5-14(10-13)26-18(29)16-7-3-9-31-16/h1,4-5,10,15-16H,2-3,6-9,11-12H2,(H,24,30)(H,25,28)(H,26,29)/t15-,16-/m0/s1. The van der Waals surface area contributed by atoms with E-state index in [0.717, 1.165) is 12.0 Å². The molecule has 170 valence electrons. The van der Waals surface area contributed by atoms with Gasteiger partial charge in [-0.05, 0) is 43.4 Å². The van der Waals surface area contributed by atoms with Crippen LogP contribution in [0, 0.1) is 0 Å². The lowest BCUT2D eigenvalue weighted by molar-refractivity contribution is -0.140. The highest BCUT2D eigenvalue weighted by atomic mass is 19.4. The summed E-state index contributed by atoms with van der Waals surface area (Å²) in [5.41, 5.74) is 1.29. The van der Waals surface area contributed by atoms with Crippen LogP contribution in [0.3, 0.4) is 0 Å². The van der Waals surface area contributed by atoms with E-state index in [1.165, 1.54) is 4.90 Å². The second-order valence-electron chi connectivity index (χ2n) is 7.53. The molecule has 1 aromatic rings. The molecule has 0 bridgehead atoms. The number of alkyl halides is 3. The van der Waals surface area contributed by atoms with E-state index >= 15 is 0 Å². The van der Waals surface area contributed by atoms with Crippen LogP contribution in [0.2, 0.25) is 0 Å². The van der Waals surface area contributed by atoms with Crippen molar-refractivity contribution in [3.8, 4) is 0 Å². The Morgan fingerprint density at radius 2 is 1.90 bits per heavy atom. The van der Waals surface area contributed by atoms with Gasteiger partial charge in [0, 0.05) is 25.4 Å². The topological polar surface area (TPSA) is 99.8 Å². The highest BCUT2D eigenvalue weighted by molar-refractivity contribution is 5.94. The fourth-order valence-corrected chi connectivity index (χ4v) is 3.63. The summed E-state index contributed by atoms with van der Waals surface area (Å²) in [7, 11) is 0. The van der Waals surface area contributed by atoms with Crippen molar-refractivity contribution >= 4 is 23.5 Å². The van der Waals surface area contributed by atoms with Crippen LogP contribution < -0.4 is 16.0 Å². The summed E-state index contributed by atoms with van der Waals surface area (Å²) in [5.74, 6) is -1.03. The van der Waals surface area contributed by atoms with E-state index in [-0.39, 0.29) is 19.0 Å². The Balaban J connectivity index is 1.51. The third-order valence-corrected chi connectivity index (χ3v) is 5.14. The number of anilines is 1. The van der Waals surface area contributed by atoms with Gasteiger partial charge in [-0.1, -0.05) is 12.1 Å². The number of carbonyl (C=O) groups is 3. The zero-order chi connectivity index (χ0) is 22.4. The summed E-state index contributed by atoms with van der Waals surface area (Å²) in [6.45, 7) is -0.443. The van der Waals surface area contributed by atoms with Gasteiger partial charge in [-0.3, -0.25) is 9.59 Å². The first-order valence-corrected chi connectivity index (χ1v) is 10.1. The van der Waals surface area contributed by atoms with Crippen LogP contribution in [-0.4, -0.2) is 60.8 Å². The van der Waals surface area contributed by atoms with E-state index in [9.17, 15) is 27.6 Å². The lowest BCUT2D eigenvalue weighted by Gasteiger charge is -2.24. The van der Waals surface area contributed by atoms with Crippen LogP contribution in [0.25, 0.3) is 0 Å². The minimum absolute atomic E-state index is 0.135. The van der Waals surface area contributed by atoms with Gasteiger partial charge >= 0.3 is 12.2 Å². The molecular weight excluding hydrogens is 417 g/mol. The lowest BCUT2D eigenvalue weighted by Crippen LogP contribution is -2.50. The number of amides is 4. The summed E-state index contributed by atoms with van der Waals surface area (Å²) in [4.78, 5) is 38.0. The second-order valence-corrected chi connectivity index (χ2v) is 7.53. The third-order valence-electron chi connectivity index (χ3n) is 5.14. The number of nitrogens with zero attached hydrogens (tertiary/aromatic N) is 1. The van der Waals surface area contributed by atoms with Crippen molar-refractivity contribution in [2.45, 2.75) is 50.6 Å². The van der Waals surface area contributed by atoms with Crippen LogP contribution in [0.1, 0.15) is 31.2 Å². The molecule has 2 saturated heterocycles. The third kappa shape index (κ3) is 6.58. The van der Waals surface area contributed by atoms with Crippen molar-refractivity contribution in [3.63, 3.8) is 0 Å². The van der Waals surface area contributed by atoms with E-state index in [1.807, 2.05) is 5.32 Å². The zero-order valence-electron chi connectivity index (χ0n) is 16.8. The molecule has 3 rings (SSSR count). The Kier molecular flexibility index (Phi) is 7.37. The number of ether oxygens (including phenoxy) is 1. The molecule has 8 nitrogen and oxygen atoms in total. The molecule has 0 radical (unpaired) electrons. The molecule has 4 amide bonds. The summed E-state index contributed by atoms with van der Waals surface area (Å²) in [5, 5.41) is 7.30. The van der Waals surface area contributed by atoms with Crippen LogP contribution in [0.15, 0.2) is 24.3 Å². The van der Waals surface area contributed by atoms with Gasteiger partial charge in [0.15, 0.2) is 0 Å². The van der Waals surface area contributed by atoms with Gasteiger partial charge < -0.3 is 25.6 Å². The highest BCUT2D eigenvalue weighted by Gasteiger charge is 2.36. The summed E-state index contributed by atoms with van der Waals surface area (Å²) >= 11 is 0. The normalized spacial score (nSPS) is 21.1. The second kappa shape index (κ2) is 9.99. The van der Waals surface area contributed by atoms with Crippen molar-refractivity contribution in [2.75, 3.05) is 25.0 Å². The molecule has 0 saturated carbocycles. The van der Waals surface area contributed by atoms with Gasteiger partial charge in [-0.15, -0.1) is 0 Å². The van der Waals surface area contributed by atoms with E-state index in [2.05, 4.69) is 10.6 Å². The van der Waals surface area contributed by atoms with Crippen molar-refractivity contribution < 1.29 is 32.3 Å². The monoisotopic (exact) mass is 442 g/mol. The Labute approximate surface area is 177 Å². The Morgan fingerprint density at radius 1 is 1.10 bits per heavy atom. The number of rotatable bonds is 6. The van der Waals surface area contributed by atoms with Gasteiger partial charge in [0.25, 0.3) is 5.91 Å². The van der Waals surface area contributed by atoms with E-state index < -0.39 is 36.8 Å². The Bertz CT molecular complexity index is 812. The molecule has 2 atom stereocenters. The van der Waals surface area contributed by atoms with E-state index in [1.54, 1.807) is 24.3 Å². The zero-order valence-corrected chi connectivity index (χ0v) is 16.8. The van der Waals surface area contributed by atoms with Crippen LogP contribution in [-0.2, 0) is 20.9 Å². The molecule has 3 N–H and O–H groups in total. The van der Waals surface area contributed by atoms with Gasteiger partial charge in [0.1, 0.15) is 18.7 Å². The minimum atomic E-state index is -4.51. The Hall–Kier alpha value is -2.82. The SMILES string of the molecule is O=C(Nc1cccc(CNC(=O)N2CCC[C@H]2C(=O)NCC(F)(F)F)c1)[C@@H]1CCCO1. The molecule has 31 heavy (non-hydrogen) atoms. The largest absolute Gasteiger partial charge is 0.405 e. The van der Waals surface area contributed by atoms with Crippen LogP contribution in [0.4, 0.5) is 23.7 Å². The molecular formula is C20H25F3N4O4. The minimum Gasteiger partial charge on any atom is -0.368 e. The number of likely N-dealkylation sites (tertiary alicyclic amines) is 1. The van der Waals surface area contributed by atoms with Crippen LogP contribution >= 0.6 is 0 Å². The number of hydrogen-bond donors (Lipinski definition) is 3. The van der Waals surface area contributed by atoms with Gasteiger partial charge in [0.05, 0.1) is 0 Å². The first-order chi connectivity index (χ1) is 14.7. The number of hydrogen-bond acceptors (Lipinski definition) is 4. The molecule has 2 aliphatic heterocycles. The summed E-state index contributed by atoms with van der Waals surface area (Å²) < 4.78 is 42.3. The molecule has 0 aromatic heterocycles. The number of carbonyl (C=O) groups excluding carboxylic acids is 3. The smallest absolute Gasteiger partial charge is 0.368 e. The highest BCUT2D eigenvalue weighted by Crippen LogP contribution is 2.20. The number of benzene rings is 1. The Morgan fingerprint density at radius 3 is 2.61 bits per heavy atom. The number of urea groups is 1. The van der Waals surface area contributed by atoms with E-state index in [0.29, 0.717) is 31.6 Å². The maximum atomic E-state index is 12.5. The lowest BCUT2D eigenvalue weighted by atomic mass is 10.2. The first-order valence-electron chi connectivity index (χ1n) is 10.1. The summed E-state index contributed by atoms with van der Waals surface area (Å²) in [6, 6.07) is 5.47. The molecule has 2 fully saturated rings. The molecule has 0 unspecified atom stereocenters. The fourth-order valence-electron chi connectivity index (χ4n) is 3.63. The predicted octanol–water partition coefficient (Wildman–Crippen LogP) is 2.16. The van der Waals surface area contributed by atoms with E-state index in [4.69, 9.17) is 4.74 Å². The number of nitrogens with one attached hydrogen (secondary N) is 3. The van der Waals surface area contributed by atoms with Crippen molar-refractivity contribution in [3.05, 3.63) is 29.8 Å². The van der Waals surface area contributed by atoms with Crippen molar-refractivity contribution in [1.29, 1.82) is 0 Å². The maximum absolute atomic E-state index is 12.5.